The molecule has 0 saturated carbocycles. The van der Waals surface area contributed by atoms with Crippen molar-refractivity contribution in [3.05, 3.63) is 77.6 Å². The smallest absolute Gasteiger partial charge is 0.248 e. The molecule has 128 valence electrons. The minimum absolute atomic E-state index is 0.276. The molecule has 5 nitrogen and oxygen atoms in total. The summed E-state index contributed by atoms with van der Waals surface area (Å²) in [4.78, 5) is 4.13. The Labute approximate surface area is 148 Å². The van der Waals surface area contributed by atoms with Gasteiger partial charge in [-0.2, -0.15) is 0 Å². The number of hydrogen-bond acceptors (Lipinski definition) is 3. The van der Waals surface area contributed by atoms with E-state index in [9.17, 15) is 8.78 Å². The summed E-state index contributed by atoms with van der Waals surface area (Å²) in [5.74, 6) is -0.193. The largest absolute Gasteiger partial charge is 0.358 e. The van der Waals surface area contributed by atoms with Gasteiger partial charge < -0.3 is 5.32 Å². The third-order valence-electron chi connectivity index (χ3n) is 3.39. The van der Waals surface area contributed by atoms with E-state index >= 15 is 0 Å². The molecule has 0 radical (unpaired) electrons. The van der Waals surface area contributed by atoms with Crippen LogP contribution in [-0.4, -0.2) is 19.9 Å². The lowest BCUT2D eigenvalue weighted by atomic mass is 10.2. The fourth-order valence-electron chi connectivity index (χ4n) is 2.14. The van der Waals surface area contributed by atoms with Gasteiger partial charge in [-0.25, -0.2) is 18.4 Å². The van der Waals surface area contributed by atoms with E-state index in [-0.39, 0.29) is 11.6 Å². The summed E-state index contributed by atoms with van der Waals surface area (Å²) in [5.41, 5.74) is 1.82. The van der Waals surface area contributed by atoms with Crippen LogP contribution in [0.25, 0.3) is 0 Å². The van der Waals surface area contributed by atoms with Crippen molar-refractivity contribution in [3.63, 3.8) is 0 Å². The lowest BCUT2D eigenvalue weighted by Gasteiger charge is -2.08. The van der Waals surface area contributed by atoms with Crippen molar-refractivity contribution in [3.8, 4) is 0 Å². The van der Waals surface area contributed by atoms with Crippen molar-refractivity contribution >= 4 is 23.3 Å². The van der Waals surface area contributed by atoms with Gasteiger partial charge in [0.15, 0.2) is 5.11 Å². The van der Waals surface area contributed by atoms with E-state index in [1.54, 1.807) is 35.3 Å². The molecule has 25 heavy (non-hydrogen) atoms. The predicted molar refractivity (Wildman–Crippen MR) is 95.0 cm³/mol. The first-order valence-electron chi connectivity index (χ1n) is 7.52. The number of halogens is 2. The summed E-state index contributed by atoms with van der Waals surface area (Å²) in [7, 11) is 0. The molecule has 0 unspecified atom stereocenters. The zero-order valence-corrected chi connectivity index (χ0v) is 13.9. The minimum atomic E-state index is -0.277. The summed E-state index contributed by atoms with van der Waals surface area (Å²) < 4.78 is 27.4. The van der Waals surface area contributed by atoms with E-state index < -0.39 is 0 Å². The summed E-state index contributed by atoms with van der Waals surface area (Å²) in [6.45, 7) is 0.938. The molecule has 2 N–H and O–H groups in total. The normalized spacial score (nSPS) is 10.5. The Balaban J connectivity index is 1.51. The van der Waals surface area contributed by atoms with Crippen LogP contribution in [0.15, 0.2) is 54.9 Å². The van der Waals surface area contributed by atoms with Crippen LogP contribution >= 0.6 is 12.2 Å². The summed E-state index contributed by atoms with van der Waals surface area (Å²) in [6, 6.07) is 12.3. The van der Waals surface area contributed by atoms with E-state index in [2.05, 4.69) is 20.7 Å². The van der Waals surface area contributed by atoms with Gasteiger partial charge in [-0.05, 0) is 47.6 Å². The average Bonchev–Trinajstić information content (AvgIpc) is 3.03. The number of nitrogens with one attached hydrogen (secondary N) is 2. The van der Waals surface area contributed by atoms with Crippen molar-refractivity contribution in [2.75, 3.05) is 5.32 Å². The van der Waals surface area contributed by atoms with Crippen molar-refractivity contribution in [1.29, 1.82) is 0 Å². The maximum Gasteiger partial charge on any atom is 0.248 e. The Bertz CT molecular complexity index is 846. The Morgan fingerprint density at radius 2 is 1.56 bits per heavy atom. The molecular formula is C17H15F2N5S. The highest BCUT2D eigenvalue weighted by atomic mass is 32.1. The van der Waals surface area contributed by atoms with Crippen LogP contribution in [-0.2, 0) is 13.1 Å². The molecule has 2 aromatic carbocycles. The molecule has 0 amide bonds. The lowest BCUT2D eigenvalue weighted by molar-refractivity contribution is 0.624. The van der Waals surface area contributed by atoms with Crippen LogP contribution in [0.3, 0.4) is 0 Å². The maximum atomic E-state index is 12.9. The van der Waals surface area contributed by atoms with Gasteiger partial charge in [-0.3, -0.25) is 5.32 Å². The highest BCUT2D eigenvalue weighted by Crippen LogP contribution is 2.06. The van der Waals surface area contributed by atoms with E-state index in [4.69, 9.17) is 12.2 Å². The number of aromatic nitrogens is 3. The van der Waals surface area contributed by atoms with E-state index in [1.807, 2.05) is 0 Å². The number of rotatable bonds is 5. The van der Waals surface area contributed by atoms with Crippen LogP contribution in [0, 0.1) is 11.6 Å². The first kappa shape index (κ1) is 17.0. The minimum Gasteiger partial charge on any atom is -0.358 e. The molecule has 8 heteroatoms. The van der Waals surface area contributed by atoms with Crippen LogP contribution in [0.2, 0.25) is 0 Å². The third kappa shape index (κ3) is 5.05. The summed E-state index contributed by atoms with van der Waals surface area (Å²) in [6.07, 6.45) is 1.56. The van der Waals surface area contributed by atoms with Gasteiger partial charge in [-0.15, -0.1) is 5.10 Å². The second kappa shape index (κ2) is 7.80. The lowest BCUT2D eigenvalue weighted by Crippen LogP contribution is -2.28. The molecular weight excluding hydrogens is 344 g/mol. The van der Waals surface area contributed by atoms with Crippen LogP contribution < -0.4 is 10.6 Å². The number of hydrogen-bond donors (Lipinski definition) is 2. The van der Waals surface area contributed by atoms with Gasteiger partial charge in [0.1, 0.15) is 18.0 Å². The zero-order valence-electron chi connectivity index (χ0n) is 13.1. The number of nitrogens with zero attached hydrogens (tertiary/aromatic N) is 3. The highest BCUT2D eigenvalue weighted by molar-refractivity contribution is 7.80. The van der Waals surface area contributed by atoms with Crippen molar-refractivity contribution in [2.24, 2.45) is 0 Å². The van der Waals surface area contributed by atoms with Crippen LogP contribution in [0.4, 0.5) is 14.7 Å². The van der Waals surface area contributed by atoms with Crippen LogP contribution in [0.5, 0.6) is 0 Å². The van der Waals surface area contributed by atoms with Gasteiger partial charge >= 0.3 is 0 Å². The van der Waals surface area contributed by atoms with Crippen molar-refractivity contribution < 1.29 is 8.78 Å². The maximum absolute atomic E-state index is 12.9. The highest BCUT2D eigenvalue weighted by Gasteiger charge is 2.04. The third-order valence-corrected chi connectivity index (χ3v) is 3.63. The predicted octanol–water partition coefficient (Wildman–Crippen LogP) is 3.09. The molecule has 1 aromatic heterocycles. The molecule has 0 saturated heterocycles. The van der Waals surface area contributed by atoms with E-state index in [1.165, 1.54) is 24.3 Å². The summed E-state index contributed by atoms with van der Waals surface area (Å²) >= 11 is 5.19. The molecule has 0 atom stereocenters. The van der Waals surface area contributed by atoms with Gasteiger partial charge in [0.2, 0.25) is 5.95 Å². The Hall–Kier alpha value is -2.87. The Morgan fingerprint density at radius 1 is 0.960 bits per heavy atom. The first-order valence-corrected chi connectivity index (χ1v) is 7.92. The Kier molecular flexibility index (Phi) is 5.30. The first-order chi connectivity index (χ1) is 12.1. The van der Waals surface area contributed by atoms with Crippen molar-refractivity contribution in [2.45, 2.75) is 13.1 Å². The second-order valence-electron chi connectivity index (χ2n) is 5.33. The monoisotopic (exact) mass is 359 g/mol. The molecule has 3 rings (SSSR count). The van der Waals surface area contributed by atoms with Gasteiger partial charge in [0, 0.05) is 6.54 Å². The molecule has 0 aliphatic carbocycles. The topological polar surface area (TPSA) is 54.8 Å². The quantitative estimate of drug-likeness (QED) is 0.686. The molecule has 1 heterocycles. The molecule has 3 aromatic rings. The van der Waals surface area contributed by atoms with Crippen molar-refractivity contribution in [1.82, 2.24) is 20.1 Å². The number of anilines is 1. The molecule has 0 aliphatic rings. The Morgan fingerprint density at radius 3 is 2.20 bits per heavy atom. The number of benzene rings is 2. The zero-order chi connectivity index (χ0) is 17.6. The van der Waals surface area contributed by atoms with E-state index in [0.717, 1.165) is 11.1 Å². The van der Waals surface area contributed by atoms with Gasteiger partial charge in [0.05, 0.1) is 6.54 Å². The fourth-order valence-corrected chi connectivity index (χ4v) is 2.30. The number of thiocarbonyl (C=S) groups is 1. The van der Waals surface area contributed by atoms with Gasteiger partial charge in [0.25, 0.3) is 0 Å². The molecule has 0 aliphatic heterocycles. The SMILES string of the molecule is Fc1ccc(CNC(=S)Nc2ncn(Cc3ccc(F)cc3)n2)cc1. The van der Waals surface area contributed by atoms with Crippen LogP contribution in [0.1, 0.15) is 11.1 Å². The summed E-state index contributed by atoms with van der Waals surface area (Å²) in [5, 5.41) is 10.5. The van der Waals surface area contributed by atoms with E-state index in [0.29, 0.717) is 24.2 Å². The molecule has 0 fully saturated rings. The second-order valence-corrected chi connectivity index (χ2v) is 5.73. The standard InChI is InChI=1S/C17H15F2N5S/c18-14-5-1-12(2-6-14)9-20-17(25)22-16-21-11-24(23-16)10-13-3-7-15(19)8-4-13/h1-8,11H,9-10H2,(H2,20,22,23,25). The fraction of sp³-hybridized carbons (Fsp3) is 0.118. The average molecular weight is 359 g/mol. The van der Waals surface area contributed by atoms with Gasteiger partial charge in [-0.1, -0.05) is 24.3 Å². The molecule has 0 spiro atoms. The molecule has 0 bridgehead atoms.